The summed E-state index contributed by atoms with van der Waals surface area (Å²) in [5, 5.41) is 20.2. The van der Waals surface area contributed by atoms with Gasteiger partial charge in [-0.3, -0.25) is 0 Å². The second-order valence-corrected chi connectivity index (χ2v) is 2.09. The average molecular weight is 168 g/mol. The van der Waals surface area contributed by atoms with Gasteiger partial charge in [-0.25, -0.2) is 5.21 Å². The van der Waals surface area contributed by atoms with Gasteiger partial charge in [-0.1, -0.05) is 30.3 Å². The molecule has 0 aromatic heterocycles. The lowest BCUT2D eigenvalue weighted by atomic mass is 10.2. The molecule has 0 saturated carbocycles. The largest absolute Gasteiger partial charge is 0.373 e. The van der Waals surface area contributed by atoms with Crippen molar-refractivity contribution in [2.75, 3.05) is 0 Å². The van der Waals surface area contributed by atoms with Crippen molar-refractivity contribution in [1.29, 1.82) is 0 Å². The Labute approximate surface area is 69.0 Å². The molecule has 0 bridgehead atoms. The van der Waals surface area contributed by atoms with Gasteiger partial charge in [0.25, 0.3) is 5.28 Å². The fraction of sp³-hybridized carbons (Fsp3) is 0.143. The molecule has 0 aliphatic heterocycles. The topological polar surface area (TPSA) is 67.9 Å². The van der Waals surface area contributed by atoms with Crippen LogP contribution in [0.15, 0.2) is 35.6 Å². The van der Waals surface area contributed by atoms with Crippen LogP contribution in [0.3, 0.4) is 0 Å². The van der Waals surface area contributed by atoms with E-state index in [0.717, 1.165) is 5.56 Å². The summed E-state index contributed by atoms with van der Waals surface area (Å²) in [5.74, 6) is 0. The van der Waals surface area contributed by atoms with E-state index in [-0.39, 0.29) is 11.6 Å². The third-order valence-electron chi connectivity index (χ3n) is 1.26. The van der Waals surface area contributed by atoms with Gasteiger partial charge in [0.2, 0.25) is 5.02 Å². The molecule has 0 atom stereocenters. The highest BCUT2D eigenvalue weighted by molar-refractivity contribution is 5.13. The van der Waals surface area contributed by atoms with Crippen molar-refractivity contribution in [3.63, 3.8) is 0 Å². The molecule has 0 unspecified atom stereocenters. The molecule has 0 aliphatic carbocycles. The summed E-state index contributed by atoms with van der Waals surface area (Å²) in [5.41, 5.74) is 0.835. The third-order valence-corrected chi connectivity index (χ3v) is 1.26. The molecule has 0 aliphatic rings. The van der Waals surface area contributed by atoms with Crippen LogP contribution in [0.4, 0.5) is 0 Å². The minimum Gasteiger partial charge on any atom is -0.373 e. The maximum Gasteiger partial charge on any atom is 0.255 e. The first kappa shape index (κ1) is 8.32. The summed E-state index contributed by atoms with van der Waals surface area (Å²) in [6.07, 6.45) is 0. The Hall–Kier alpha value is -1.78. The van der Waals surface area contributed by atoms with Crippen LogP contribution in [0.25, 0.3) is 0 Å². The molecule has 1 N–H and O–H groups in total. The summed E-state index contributed by atoms with van der Waals surface area (Å²) in [7, 11) is 0. The molecule has 5 heteroatoms. The fourth-order valence-electron chi connectivity index (χ4n) is 0.730. The Balaban J connectivity index is 2.44. The van der Waals surface area contributed by atoms with Crippen molar-refractivity contribution in [2.24, 2.45) is 5.28 Å². The van der Waals surface area contributed by atoms with Gasteiger partial charge < -0.3 is 10.0 Å². The zero-order chi connectivity index (χ0) is 8.81. The molecule has 0 saturated heterocycles. The molecule has 0 amide bonds. The maximum absolute atomic E-state index is 10.3. The molecule has 1 aromatic carbocycles. The SMILES string of the molecule is [O-][N+](=NO)OCc1ccccc1. The van der Waals surface area contributed by atoms with Crippen molar-refractivity contribution < 1.29 is 15.1 Å². The van der Waals surface area contributed by atoms with Crippen LogP contribution in [0.5, 0.6) is 0 Å². The van der Waals surface area contributed by atoms with E-state index in [1.165, 1.54) is 0 Å². The van der Waals surface area contributed by atoms with E-state index in [0.29, 0.717) is 0 Å². The number of hydrogen-bond donors (Lipinski definition) is 1. The molecule has 5 nitrogen and oxygen atoms in total. The molecule has 0 fully saturated rings. The van der Waals surface area contributed by atoms with Crippen molar-refractivity contribution in [1.82, 2.24) is 0 Å². The first-order valence-corrected chi connectivity index (χ1v) is 3.32. The van der Waals surface area contributed by atoms with Crippen LogP contribution in [0.2, 0.25) is 0 Å². The summed E-state index contributed by atoms with van der Waals surface area (Å²) >= 11 is 0. The van der Waals surface area contributed by atoms with Crippen molar-refractivity contribution >= 4 is 0 Å². The zero-order valence-corrected chi connectivity index (χ0v) is 6.25. The van der Waals surface area contributed by atoms with Crippen LogP contribution in [-0.2, 0) is 11.4 Å². The second kappa shape index (κ2) is 4.17. The van der Waals surface area contributed by atoms with Crippen LogP contribution in [-0.4, -0.2) is 10.2 Å². The highest BCUT2D eigenvalue weighted by Gasteiger charge is 1.93. The Kier molecular flexibility index (Phi) is 2.89. The third kappa shape index (κ3) is 2.45. The maximum atomic E-state index is 10.3. The standard InChI is InChI=1S/C7H8N2O3/c10-8-9(11)12-6-7-4-2-1-3-5-7/h1-5,10H,6H2. The van der Waals surface area contributed by atoms with Crippen LogP contribution < -0.4 is 0 Å². The molecule has 64 valence electrons. The van der Waals surface area contributed by atoms with E-state index in [2.05, 4.69) is 10.1 Å². The fourth-order valence-corrected chi connectivity index (χ4v) is 0.730. The van der Waals surface area contributed by atoms with Gasteiger partial charge >= 0.3 is 0 Å². The average Bonchev–Trinajstić information content (AvgIpc) is 2.16. The van der Waals surface area contributed by atoms with E-state index < -0.39 is 0 Å². The summed E-state index contributed by atoms with van der Waals surface area (Å²) < 4.78 is 0. The molecular formula is C7H8N2O3. The second-order valence-electron chi connectivity index (χ2n) is 2.09. The summed E-state index contributed by atoms with van der Waals surface area (Å²) in [4.78, 5) is 4.44. The van der Waals surface area contributed by atoms with Crippen LogP contribution in [0.1, 0.15) is 5.56 Å². The minimum atomic E-state index is -0.243. The van der Waals surface area contributed by atoms with Crippen LogP contribution in [0, 0.1) is 5.21 Å². The number of nitrogens with zero attached hydrogens (tertiary/aromatic N) is 2. The number of hydrogen-bond acceptors (Lipinski definition) is 3. The Bertz CT molecular complexity index is 261. The van der Waals surface area contributed by atoms with Gasteiger partial charge in [-0.15, -0.1) is 0 Å². The Morgan fingerprint density at radius 3 is 2.67 bits per heavy atom. The number of benzene rings is 1. The highest BCUT2D eigenvalue weighted by atomic mass is 16.9. The van der Waals surface area contributed by atoms with E-state index in [1.54, 1.807) is 12.1 Å². The van der Waals surface area contributed by atoms with Gasteiger partial charge in [-0.2, -0.15) is 0 Å². The van der Waals surface area contributed by atoms with E-state index >= 15 is 0 Å². The number of rotatable bonds is 3. The van der Waals surface area contributed by atoms with E-state index in [9.17, 15) is 5.21 Å². The van der Waals surface area contributed by atoms with Crippen molar-refractivity contribution in [2.45, 2.75) is 6.61 Å². The summed E-state index contributed by atoms with van der Waals surface area (Å²) in [6.45, 7) is 0.0917. The van der Waals surface area contributed by atoms with Gasteiger partial charge in [-0.05, 0) is 5.56 Å². The van der Waals surface area contributed by atoms with Crippen LogP contribution >= 0.6 is 0 Å². The van der Waals surface area contributed by atoms with Crippen molar-refractivity contribution in [3.8, 4) is 0 Å². The molecule has 1 aromatic rings. The quantitative estimate of drug-likeness (QED) is 0.548. The molecule has 0 radical (unpaired) electrons. The lowest BCUT2D eigenvalue weighted by molar-refractivity contribution is -0.808. The molecular weight excluding hydrogens is 160 g/mol. The van der Waals surface area contributed by atoms with E-state index in [4.69, 9.17) is 5.21 Å². The summed E-state index contributed by atoms with van der Waals surface area (Å²) in [6, 6.07) is 9.10. The minimum absolute atomic E-state index is 0.0917. The normalized spacial score (nSPS) is 11.2. The molecule has 0 spiro atoms. The first-order valence-electron chi connectivity index (χ1n) is 3.32. The van der Waals surface area contributed by atoms with E-state index in [1.807, 2.05) is 18.2 Å². The zero-order valence-electron chi connectivity index (χ0n) is 6.25. The predicted molar refractivity (Wildman–Crippen MR) is 39.1 cm³/mol. The van der Waals surface area contributed by atoms with Gasteiger partial charge in [0.1, 0.15) is 0 Å². The molecule has 12 heavy (non-hydrogen) atoms. The van der Waals surface area contributed by atoms with Crippen molar-refractivity contribution in [3.05, 3.63) is 41.1 Å². The molecule has 0 heterocycles. The smallest absolute Gasteiger partial charge is 0.255 e. The molecule has 1 rings (SSSR count). The highest BCUT2D eigenvalue weighted by Crippen LogP contribution is 1.99. The van der Waals surface area contributed by atoms with Gasteiger partial charge in [0, 0.05) is 0 Å². The lowest BCUT2D eigenvalue weighted by Gasteiger charge is -2.00. The lowest BCUT2D eigenvalue weighted by Crippen LogP contribution is -2.01. The first-order chi connectivity index (χ1) is 5.83. The Morgan fingerprint density at radius 1 is 1.42 bits per heavy atom. The van der Waals surface area contributed by atoms with Gasteiger partial charge in [0.15, 0.2) is 0 Å². The monoisotopic (exact) mass is 168 g/mol. The predicted octanol–water partition coefficient (Wildman–Crippen LogP) is 1.47. The van der Waals surface area contributed by atoms with Gasteiger partial charge in [0.05, 0.1) is 6.61 Å². The Morgan fingerprint density at radius 2 is 2.08 bits per heavy atom.